The van der Waals surface area contributed by atoms with Crippen LogP contribution >= 0.6 is 0 Å². The van der Waals surface area contributed by atoms with E-state index in [2.05, 4.69) is 26.8 Å². The van der Waals surface area contributed by atoms with Gasteiger partial charge in [-0.2, -0.15) is 0 Å². The van der Waals surface area contributed by atoms with Crippen LogP contribution in [0, 0.1) is 0 Å². The van der Waals surface area contributed by atoms with Crippen molar-refractivity contribution in [3.05, 3.63) is 53.1 Å². The predicted octanol–water partition coefficient (Wildman–Crippen LogP) is 1.34. The highest BCUT2D eigenvalue weighted by Crippen LogP contribution is 2.31. The number of dihydropyridines is 1. The molecule has 0 radical (unpaired) electrons. The van der Waals surface area contributed by atoms with Crippen molar-refractivity contribution < 1.29 is 8.42 Å². The van der Waals surface area contributed by atoms with Crippen molar-refractivity contribution in [3.63, 3.8) is 0 Å². The van der Waals surface area contributed by atoms with E-state index in [9.17, 15) is 8.42 Å². The van der Waals surface area contributed by atoms with Crippen molar-refractivity contribution in [3.8, 4) is 0 Å². The minimum atomic E-state index is -3.58. The minimum Gasteiger partial charge on any atom is -0.354 e. The Bertz CT molecular complexity index is 906. The number of amidine groups is 1. The average Bonchev–Trinajstić information content (AvgIpc) is 3.07. The summed E-state index contributed by atoms with van der Waals surface area (Å²) < 4.78 is 25.9. The van der Waals surface area contributed by atoms with E-state index in [-0.39, 0.29) is 4.91 Å². The van der Waals surface area contributed by atoms with E-state index in [4.69, 9.17) is 0 Å². The summed E-state index contributed by atoms with van der Waals surface area (Å²) in [6, 6.07) is 8.51. The number of allylic oxidation sites excluding steroid dienone is 1. The van der Waals surface area contributed by atoms with Gasteiger partial charge in [0.05, 0.1) is 22.1 Å². The zero-order chi connectivity index (χ0) is 17.4. The molecule has 0 spiro atoms. The SMILES string of the molecule is CN1CCN(C2=NCC3=NC=C(S(=O)(=O)c4ccccc4)C3=C2)CC1. The molecule has 25 heavy (non-hydrogen) atoms. The average molecular weight is 356 g/mol. The summed E-state index contributed by atoms with van der Waals surface area (Å²) in [4.78, 5) is 14.0. The smallest absolute Gasteiger partial charge is 0.208 e. The first-order chi connectivity index (χ1) is 12.1. The molecular formula is C18H20N4O2S. The van der Waals surface area contributed by atoms with Gasteiger partial charge in [0.2, 0.25) is 9.84 Å². The Morgan fingerprint density at radius 3 is 2.48 bits per heavy atom. The van der Waals surface area contributed by atoms with Crippen molar-refractivity contribution in [2.24, 2.45) is 9.98 Å². The van der Waals surface area contributed by atoms with Gasteiger partial charge in [-0.15, -0.1) is 0 Å². The zero-order valence-electron chi connectivity index (χ0n) is 14.1. The molecule has 1 aromatic carbocycles. The number of fused-ring (bicyclic) bond motifs is 1. The lowest BCUT2D eigenvalue weighted by Crippen LogP contribution is -2.47. The Balaban J connectivity index is 1.64. The maximum Gasteiger partial charge on any atom is 0.208 e. The number of benzene rings is 1. The van der Waals surface area contributed by atoms with E-state index in [1.165, 1.54) is 6.20 Å². The Morgan fingerprint density at radius 1 is 1.04 bits per heavy atom. The molecule has 0 atom stereocenters. The summed E-state index contributed by atoms with van der Waals surface area (Å²) in [6.07, 6.45) is 3.35. The van der Waals surface area contributed by atoms with Crippen LogP contribution in [0.4, 0.5) is 0 Å². The van der Waals surface area contributed by atoms with Crippen LogP contribution in [-0.4, -0.2) is 69.5 Å². The third-order valence-corrected chi connectivity index (χ3v) is 6.55. The van der Waals surface area contributed by atoms with Crippen LogP contribution in [0.1, 0.15) is 0 Å². The van der Waals surface area contributed by atoms with Crippen LogP contribution in [0.5, 0.6) is 0 Å². The first-order valence-electron chi connectivity index (χ1n) is 8.33. The molecule has 1 aromatic rings. The number of sulfone groups is 1. The summed E-state index contributed by atoms with van der Waals surface area (Å²) in [5.74, 6) is 0.859. The van der Waals surface area contributed by atoms with E-state index >= 15 is 0 Å². The molecule has 0 bridgehead atoms. The fourth-order valence-electron chi connectivity index (χ4n) is 3.20. The quantitative estimate of drug-likeness (QED) is 0.802. The predicted molar refractivity (Wildman–Crippen MR) is 98.6 cm³/mol. The summed E-state index contributed by atoms with van der Waals surface area (Å²) in [5, 5.41) is 0. The van der Waals surface area contributed by atoms with E-state index in [1.807, 2.05) is 12.1 Å². The second-order valence-corrected chi connectivity index (χ2v) is 8.33. The molecule has 4 rings (SSSR count). The van der Waals surface area contributed by atoms with Gasteiger partial charge in [-0.05, 0) is 25.3 Å². The van der Waals surface area contributed by atoms with Crippen LogP contribution < -0.4 is 0 Å². The molecule has 0 saturated carbocycles. The number of aliphatic imine (C=N–C) groups is 2. The van der Waals surface area contributed by atoms with Crippen molar-refractivity contribution >= 4 is 21.4 Å². The molecular weight excluding hydrogens is 336 g/mol. The standard InChI is InChI=1S/C18H20N4O2S/c1-21-7-9-22(10-8-21)18-11-15-16(12-20-18)19-13-17(15)25(23,24)14-5-3-2-4-6-14/h2-6,11,13H,7-10,12H2,1H3. The fourth-order valence-corrected chi connectivity index (χ4v) is 4.62. The van der Waals surface area contributed by atoms with E-state index in [0.717, 1.165) is 37.7 Å². The molecule has 3 aliphatic heterocycles. The van der Waals surface area contributed by atoms with Gasteiger partial charge in [-0.3, -0.25) is 9.98 Å². The summed E-state index contributed by atoms with van der Waals surface area (Å²) in [7, 11) is -1.47. The van der Waals surface area contributed by atoms with E-state index in [0.29, 0.717) is 17.0 Å². The van der Waals surface area contributed by atoms with Crippen LogP contribution in [0.2, 0.25) is 0 Å². The number of hydrogen-bond donors (Lipinski definition) is 0. The van der Waals surface area contributed by atoms with E-state index < -0.39 is 9.84 Å². The minimum absolute atomic E-state index is 0.273. The number of hydrogen-bond acceptors (Lipinski definition) is 6. The lowest BCUT2D eigenvalue weighted by Gasteiger charge is -2.34. The number of rotatable bonds is 2. The highest BCUT2D eigenvalue weighted by atomic mass is 32.2. The fraction of sp³-hybridized carbons (Fsp3) is 0.333. The third kappa shape index (κ3) is 2.94. The van der Waals surface area contributed by atoms with Gasteiger partial charge < -0.3 is 9.80 Å². The highest BCUT2D eigenvalue weighted by Gasteiger charge is 2.32. The Morgan fingerprint density at radius 2 is 1.76 bits per heavy atom. The molecule has 0 amide bonds. The van der Waals surface area contributed by atoms with Gasteiger partial charge in [0, 0.05) is 38.0 Å². The van der Waals surface area contributed by atoms with Crippen molar-refractivity contribution in [2.45, 2.75) is 4.90 Å². The van der Waals surface area contributed by atoms with Crippen molar-refractivity contribution in [1.82, 2.24) is 9.80 Å². The molecule has 0 aliphatic carbocycles. The number of piperazine rings is 1. The lowest BCUT2D eigenvalue weighted by molar-refractivity contribution is 0.216. The van der Waals surface area contributed by atoms with Crippen molar-refractivity contribution in [2.75, 3.05) is 39.8 Å². The molecule has 130 valence electrons. The molecule has 0 aromatic heterocycles. The molecule has 1 fully saturated rings. The molecule has 0 unspecified atom stereocenters. The van der Waals surface area contributed by atoms with Crippen molar-refractivity contribution in [1.29, 1.82) is 0 Å². The zero-order valence-corrected chi connectivity index (χ0v) is 14.9. The van der Waals surface area contributed by atoms with Crippen LogP contribution in [0.25, 0.3) is 0 Å². The van der Waals surface area contributed by atoms with Gasteiger partial charge in [0.15, 0.2) is 0 Å². The van der Waals surface area contributed by atoms with Gasteiger partial charge in [0.1, 0.15) is 5.84 Å². The molecule has 3 aliphatic rings. The maximum absolute atomic E-state index is 13.0. The number of nitrogens with zero attached hydrogens (tertiary/aromatic N) is 4. The molecule has 3 heterocycles. The number of likely N-dealkylation sites (N-methyl/N-ethyl adjacent to an activating group) is 1. The van der Waals surface area contributed by atoms with Gasteiger partial charge >= 0.3 is 0 Å². The Kier molecular flexibility index (Phi) is 4.05. The molecule has 0 N–H and O–H groups in total. The first-order valence-corrected chi connectivity index (χ1v) is 9.81. The second kappa shape index (κ2) is 6.24. The van der Waals surface area contributed by atoms with Gasteiger partial charge in [0.25, 0.3) is 0 Å². The molecule has 1 saturated heterocycles. The van der Waals surface area contributed by atoms with Gasteiger partial charge in [-0.25, -0.2) is 8.42 Å². The normalized spacial score (nSPS) is 21.2. The largest absolute Gasteiger partial charge is 0.354 e. The van der Waals surface area contributed by atoms with Crippen LogP contribution in [0.3, 0.4) is 0 Å². The maximum atomic E-state index is 13.0. The van der Waals surface area contributed by atoms with Crippen LogP contribution in [-0.2, 0) is 9.84 Å². The summed E-state index contributed by atoms with van der Waals surface area (Å²) in [6.45, 7) is 4.19. The van der Waals surface area contributed by atoms with Gasteiger partial charge in [-0.1, -0.05) is 18.2 Å². The highest BCUT2D eigenvalue weighted by molar-refractivity contribution is 7.95. The Labute approximate surface area is 147 Å². The Hall–Kier alpha value is -2.25. The van der Waals surface area contributed by atoms with Crippen LogP contribution in [0.15, 0.2) is 68.0 Å². The summed E-state index contributed by atoms with van der Waals surface area (Å²) >= 11 is 0. The summed E-state index contributed by atoms with van der Waals surface area (Å²) in [5.41, 5.74) is 1.42. The topological polar surface area (TPSA) is 65.3 Å². The van der Waals surface area contributed by atoms with E-state index in [1.54, 1.807) is 24.3 Å². The monoisotopic (exact) mass is 356 g/mol. The molecule has 7 heteroatoms. The third-order valence-electron chi connectivity index (χ3n) is 4.75. The second-order valence-electron chi connectivity index (χ2n) is 6.41. The first kappa shape index (κ1) is 16.2. The lowest BCUT2D eigenvalue weighted by atomic mass is 10.1. The molecule has 6 nitrogen and oxygen atoms in total.